The lowest BCUT2D eigenvalue weighted by atomic mass is 9.98. The summed E-state index contributed by atoms with van der Waals surface area (Å²) in [6.07, 6.45) is 5.79. The quantitative estimate of drug-likeness (QED) is 0.667. The van der Waals surface area contributed by atoms with Crippen molar-refractivity contribution in [2.75, 3.05) is 26.3 Å². The number of fused-ring (bicyclic) bond motifs is 2. The van der Waals surface area contributed by atoms with Crippen LogP contribution in [0.5, 0.6) is 0 Å². The molecular formula is C23H25N3O3. The highest BCUT2D eigenvalue weighted by atomic mass is 16.7. The van der Waals surface area contributed by atoms with Gasteiger partial charge in [-0.3, -0.25) is 9.36 Å². The zero-order valence-corrected chi connectivity index (χ0v) is 16.4. The van der Waals surface area contributed by atoms with Crippen LogP contribution < -0.4 is 0 Å². The molecule has 0 bridgehead atoms. The molecule has 6 heteroatoms. The number of imidazole rings is 1. The van der Waals surface area contributed by atoms with Gasteiger partial charge in [-0.15, -0.1) is 0 Å². The Bertz CT molecular complexity index is 1020. The topological polar surface area (TPSA) is 56.6 Å². The van der Waals surface area contributed by atoms with Crippen LogP contribution in [0.3, 0.4) is 0 Å². The van der Waals surface area contributed by atoms with Crippen LogP contribution in [0, 0.1) is 0 Å². The fourth-order valence-electron chi connectivity index (χ4n) is 4.19. The third kappa shape index (κ3) is 3.66. The maximum atomic E-state index is 12.9. The zero-order valence-electron chi connectivity index (χ0n) is 16.4. The Morgan fingerprint density at radius 3 is 3.00 bits per heavy atom. The highest BCUT2D eigenvalue weighted by molar-refractivity contribution is 5.97. The summed E-state index contributed by atoms with van der Waals surface area (Å²) in [7, 11) is 0. The smallest absolute Gasteiger partial charge is 0.254 e. The molecule has 6 nitrogen and oxygen atoms in total. The van der Waals surface area contributed by atoms with Crippen molar-refractivity contribution in [3.8, 4) is 5.69 Å². The Labute approximate surface area is 170 Å². The number of hydrogen-bond acceptors (Lipinski definition) is 4. The van der Waals surface area contributed by atoms with Gasteiger partial charge in [0.2, 0.25) is 0 Å². The van der Waals surface area contributed by atoms with Gasteiger partial charge in [-0.1, -0.05) is 12.1 Å². The Morgan fingerprint density at radius 1 is 1.17 bits per heavy atom. The molecule has 0 unspecified atom stereocenters. The van der Waals surface area contributed by atoms with E-state index in [1.807, 2.05) is 41.6 Å². The largest absolute Gasteiger partial charge is 0.353 e. The lowest BCUT2D eigenvalue weighted by molar-refractivity contribution is -0.163. The van der Waals surface area contributed by atoms with Gasteiger partial charge in [-0.2, -0.15) is 0 Å². The normalized spacial score (nSPS) is 19.5. The molecule has 1 fully saturated rings. The fraction of sp³-hybridized carbons (Fsp3) is 0.391. The summed E-state index contributed by atoms with van der Waals surface area (Å²) in [6.45, 7) is 2.61. The Hall–Kier alpha value is -2.70. The lowest BCUT2D eigenvalue weighted by Gasteiger charge is -2.30. The number of nitrogens with zero attached hydrogens (tertiary/aromatic N) is 3. The number of benzene rings is 2. The van der Waals surface area contributed by atoms with Crippen LogP contribution in [0.2, 0.25) is 0 Å². The average molecular weight is 391 g/mol. The molecule has 3 heterocycles. The molecule has 150 valence electrons. The van der Waals surface area contributed by atoms with Gasteiger partial charge in [0.1, 0.15) is 6.33 Å². The first-order valence-corrected chi connectivity index (χ1v) is 10.4. The van der Waals surface area contributed by atoms with Crippen LogP contribution in [0.1, 0.15) is 35.2 Å². The van der Waals surface area contributed by atoms with Crippen molar-refractivity contribution >= 4 is 16.9 Å². The molecule has 3 aromatic rings. The molecule has 0 spiro atoms. The number of hydrogen-bond donors (Lipinski definition) is 0. The van der Waals surface area contributed by atoms with Crippen LogP contribution in [0.25, 0.3) is 16.7 Å². The van der Waals surface area contributed by atoms with E-state index >= 15 is 0 Å². The number of rotatable bonds is 5. The molecule has 1 aromatic heterocycles. The van der Waals surface area contributed by atoms with E-state index in [0.29, 0.717) is 13.2 Å². The first-order valence-electron chi connectivity index (χ1n) is 10.4. The van der Waals surface area contributed by atoms with E-state index in [4.69, 9.17) is 9.47 Å². The van der Waals surface area contributed by atoms with Gasteiger partial charge in [0.05, 0.1) is 17.6 Å². The molecule has 1 atom stereocenters. The predicted octanol–water partition coefficient (Wildman–Crippen LogP) is 3.57. The molecule has 1 amide bonds. The zero-order chi connectivity index (χ0) is 19.6. The van der Waals surface area contributed by atoms with Crippen LogP contribution in [-0.2, 0) is 15.9 Å². The molecule has 0 aliphatic carbocycles. The second-order valence-corrected chi connectivity index (χ2v) is 7.65. The summed E-state index contributed by atoms with van der Waals surface area (Å²) in [4.78, 5) is 19.3. The molecule has 2 aromatic carbocycles. The number of para-hydroxylation sites is 2. The number of carbonyl (C=O) groups excluding carboxylic acids is 1. The third-order valence-electron chi connectivity index (χ3n) is 5.79. The van der Waals surface area contributed by atoms with Gasteiger partial charge in [0.15, 0.2) is 6.29 Å². The van der Waals surface area contributed by atoms with Gasteiger partial charge >= 0.3 is 0 Å². The molecular weight excluding hydrogens is 366 g/mol. The Balaban J connectivity index is 1.28. The van der Waals surface area contributed by atoms with Crippen LogP contribution in [0.4, 0.5) is 0 Å². The van der Waals surface area contributed by atoms with E-state index in [2.05, 4.69) is 21.7 Å². The van der Waals surface area contributed by atoms with Gasteiger partial charge in [0, 0.05) is 30.9 Å². The van der Waals surface area contributed by atoms with Crippen molar-refractivity contribution < 1.29 is 14.3 Å². The maximum Gasteiger partial charge on any atom is 0.254 e. The summed E-state index contributed by atoms with van der Waals surface area (Å²) < 4.78 is 13.5. The van der Waals surface area contributed by atoms with E-state index in [9.17, 15) is 4.79 Å². The summed E-state index contributed by atoms with van der Waals surface area (Å²) in [6, 6.07) is 14.1. The predicted molar refractivity (Wildman–Crippen MR) is 110 cm³/mol. The molecule has 0 saturated carbocycles. The van der Waals surface area contributed by atoms with Gasteiger partial charge in [0.25, 0.3) is 5.91 Å². The van der Waals surface area contributed by atoms with Crippen molar-refractivity contribution in [1.82, 2.24) is 14.5 Å². The van der Waals surface area contributed by atoms with Crippen LogP contribution >= 0.6 is 0 Å². The fourth-order valence-corrected chi connectivity index (χ4v) is 4.19. The molecule has 29 heavy (non-hydrogen) atoms. The Kier molecular flexibility index (Phi) is 5.04. The maximum absolute atomic E-state index is 12.9. The lowest BCUT2D eigenvalue weighted by Crippen LogP contribution is -2.40. The minimum Gasteiger partial charge on any atom is -0.353 e. The van der Waals surface area contributed by atoms with Gasteiger partial charge in [-0.25, -0.2) is 4.98 Å². The molecule has 1 saturated heterocycles. The molecule has 2 aliphatic heterocycles. The minimum atomic E-state index is -0.108. The highest BCUT2D eigenvalue weighted by Crippen LogP contribution is 2.24. The minimum absolute atomic E-state index is 0.0847. The summed E-state index contributed by atoms with van der Waals surface area (Å²) >= 11 is 0. The van der Waals surface area contributed by atoms with Crippen molar-refractivity contribution in [2.24, 2.45) is 0 Å². The standard InChI is InChI=1S/C23H25N3O3/c27-23-19-9-8-18(26-16-24-20-5-1-2-6-21(20)26)15-17(19)10-11-25(23)12-14-29-22-7-3-4-13-28-22/h1-2,5-6,8-9,15-16,22H,3-4,7,10-14H2/t22-/m0/s1. The third-order valence-corrected chi connectivity index (χ3v) is 5.79. The van der Waals surface area contributed by atoms with E-state index in [-0.39, 0.29) is 12.2 Å². The summed E-state index contributed by atoms with van der Waals surface area (Å²) in [5.41, 5.74) is 4.96. The van der Waals surface area contributed by atoms with Crippen molar-refractivity contribution in [2.45, 2.75) is 32.0 Å². The average Bonchev–Trinajstić information content (AvgIpc) is 3.20. The van der Waals surface area contributed by atoms with Gasteiger partial charge in [-0.05, 0) is 61.6 Å². The van der Waals surface area contributed by atoms with Crippen molar-refractivity contribution in [3.63, 3.8) is 0 Å². The van der Waals surface area contributed by atoms with Crippen LogP contribution in [0.15, 0.2) is 48.8 Å². The monoisotopic (exact) mass is 391 g/mol. The number of carbonyl (C=O) groups is 1. The highest BCUT2D eigenvalue weighted by Gasteiger charge is 2.25. The molecule has 0 radical (unpaired) electrons. The Morgan fingerprint density at radius 2 is 2.10 bits per heavy atom. The first-order chi connectivity index (χ1) is 14.3. The number of amides is 1. The first kappa shape index (κ1) is 18.3. The van der Waals surface area contributed by atoms with Crippen molar-refractivity contribution in [3.05, 3.63) is 59.9 Å². The summed E-state index contributed by atoms with van der Waals surface area (Å²) in [5.74, 6) is 0.0847. The van der Waals surface area contributed by atoms with E-state index in [1.54, 1.807) is 0 Å². The second kappa shape index (κ2) is 7.97. The van der Waals surface area contributed by atoms with Crippen molar-refractivity contribution in [1.29, 1.82) is 0 Å². The van der Waals surface area contributed by atoms with E-state index in [0.717, 1.165) is 66.7 Å². The van der Waals surface area contributed by atoms with E-state index in [1.165, 1.54) is 0 Å². The van der Waals surface area contributed by atoms with Gasteiger partial charge < -0.3 is 14.4 Å². The number of ether oxygens (including phenoxy) is 2. The number of aromatic nitrogens is 2. The molecule has 0 N–H and O–H groups in total. The SMILES string of the molecule is O=C1c2ccc(-n3cnc4ccccc43)cc2CCN1CCO[C@H]1CCCCO1. The van der Waals surface area contributed by atoms with E-state index < -0.39 is 0 Å². The molecule has 5 rings (SSSR count). The second-order valence-electron chi connectivity index (χ2n) is 7.65. The summed E-state index contributed by atoms with van der Waals surface area (Å²) in [5, 5.41) is 0. The molecule has 2 aliphatic rings. The van der Waals surface area contributed by atoms with Crippen LogP contribution in [-0.4, -0.2) is 53.0 Å².